The predicted molar refractivity (Wildman–Crippen MR) is 96.2 cm³/mol. The van der Waals surface area contributed by atoms with Crippen molar-refractivity contribution in [3.63, 3.8) is 0 Å². The summed E-state index contributed by atoms with van der Waals surface area (Å²) >= 11 is 0. The summed E-state index contributed by atoms with van der Waals surface area (Å²) in [6.07, 6.45) is 5.38. The predicted octanol–water partition coefficient (Wildman–Crippen LogP) is 2.12. The molecule has 1 aliphatic carbocycles. The number of nitrogens with zero attached hydrogens (tertiary/aromatic N) is 3. The number of rotatable bonds is 4. The van der Waals surface area contributed by atoms with Gasteiger partial charge in [-0.3, -0.25) is 4.99 Å². The zero-order valence-corrected chi connectivity index (χ0v) is 15.1. The number of ether oxygens (including phenoxy) is 1. The Kier molecular flexibility index (Phi) is 4.49. The molecule has 0 aromatic carbocycles. The Balaban J connectivity index is 1.60. The number of pyridine rings is 1. The largest absolute Gasteiger partial charge is 0.381 e. The normalized spacial score (nSPS) is 23.1. The fourth-order valence-corrected chi connectivity index (χ4v) is 3.29. The maximum absolute atomic E-state index is 5.51. The molecule has 0 radical (unpaired) electrons. The minimum atomic E-state index is 0.104. The number of hydrogen-bond donors (Lipinski definition) is 2. The zero-order valence-electron chi connectivity index (χ0n) is 15.1. The van der Waals surface area contributed by atoms with E-state index in [1.165, 1.54) is 5.56 Å². The molecule has 6 nitrogen and oxygen atoms in total. The first kappa shape index (κ1) is 16.8. The second-order valence-electron chi connectivity index (χ2n) is 7.11. The SMILES string of the molecule is CN=C(NCc1cn2ccc(C)cc2n1)NC1CC(OC)C1(C)C. The standard InChI is InChI=1S/C18H27N5O/c1-12-6-7-23-11-13(21-16(23)8-12)10-20-17(19-4)22-14-9-15(24-5)18(14,2)3/h6-8,11,14-15H,9-10H2,1-5H3,(H2,19,20,22). The van der Waals surface area contributed by atoms with Crippen LogP contribution >= 0.6 is 0 Å². The van der Waals surface area contributed by atoms with Crippen molar-refractivity contribution in [2.24, 2.45) is 10.4 Å². The first-order valence-corrected chi connectivity index (χ1v) is 8.38. The van der Waals surface area contributed by atoms with E-state index < -0.39 is 0 Å². The van der Waals surface area contributed by atoms with Crippen LogP contribution in [0.1, 0.15) is 31.5 Å². The summed E-state index contributed by atoms with van der Waals surface area (Å²) in [5.41, 5.74) is 3.28. The average molecular weight is 329 g/mol. The summed E-state index contributed by atoms with van der Waals surface area (Å²) in [6.45, 7) is 7.16. The lowest BCUT2D eigenvalue weighted by Gasteiger charge is -2.51. The van der Waals surface area contributed by atoms with Crippen molar-refractivity contribution in [1.29, 1.82) is 0 Å². The van der Waals surface area contributed by atoms with Gasteiger partial charge in [-0.05, 0) is 31.0 Å². The highest BCUT2D eigenvalue weighted by Crippen LogP contribution is 2.42. The van der Waals surface area contributed by atoms with Gasteiger partial charge in [-0.1, -0.05) is 13.8 Å². The van der Waals surface area contributed by atoms with Crippen LogP contribution in [0.4, 0.5) is 0 Å². The van der Waals surface area contributed by atoms with Crippen LogP contribution in [-0.4, -0.2) is 41.6 Å². The lowest BCUT2D eigenvalue weighted by atomic mass is 9.64. The van der Waals surface area contributed by atoms with E-state index in [0.29, 0.717) is 18.7 Å². The van der Waals surface area contributed by atoms with Crippen LogP contribution in [0, 0.1) is 12.3 Å². The molecule has 0 amide bonds. The minimum absolute atomic E-state index is 0.104. The summed E-state index contributed by atoms with van der Waals surface area (Å²) in [7, 11) is 3.57. The van der Waals surface area contributed by atoms with Gasteiger partial charge in [0.15, 0.2) is 5.96 Å². The van der Waals surface area contributed by atoms with Gasteiger partial charge in [-0.15, -0.1) is 0 Å². The van der Waals surface area contributed by atoms with Gasteiger partial charge < -0.3 is 19.8 Å². The Hall–Kier alpha value is -2.08. The molecule has 0 bridgehead atoms. The molecule has 2 unspecified atom stereocenters. The van der Waals surface area contributed by atoms with Gasteiger partial charge in [0.1, 0.15) is 5.65 Å². The first-order chi connectivity index (χ1) is 11.4. The number of guanidine groups is 1. The molecule has 0 aliphatic heterocycles. The Morgan fingerprint density at radius 3 is 2.96 bits per heavy atom. The Bertz CT molecular complexity index is 749. The van der Waals surface area contributed by atoms with Gasteiger partial charge >= 0.3 is 0 Å². The summed E-state index contributed by atoms with van der Waals surface area (Å²) in [4.78, 5) is 8.97. The number of aryl methyl sites for hydroxylation is 1. The molecule has 1 aliphatic rings. The molecule has 6 heteroatoms. The second kappa shape index (κ2) is 6.43. The molecular formula is C18H27N5O. The zero-order chi connectivity index (χ0) is 17.3. The summed E-state index contributed by atoms with van der Waals surface area (Å²) < 4.78 is 7.55. The molecule has 2 N–H and O–H groups in total. The molecular weight excluding hydrogens is 302 g/mol. The summed E-state index contributed by atoms with van der Waals surface area (Å²) in [5, 5.41) is 6.85. The Labute approximate surface area is 143 Å². The van der Waals surface area contributed by atoms with E-state index in [9.17, 15) is 0 Å². The highest BCUT2D eigenvalue weighted by molar-refractivity contribution is 5.80. The van der Waals surface area contributed by atoms with Gasteiger partial charge in [0.2, 0.25) is 0 Å². The molecule has 0 spiro atoms. The molecule has 0 saturated heterocycles. The number of fused-ring (bicyclic) bond motifs is 1. The topological polar surface area (TPSA) is 63.0 Å². The highest BCUT2D eigenvalue weighted by Gasteiger charge is 2.48. The molecule has 1 saturated carbocycles. The molecule has 24 heavy (non-hydrogen) atoms. The number of aromatic nitrogens is 2. The summed E-state index contributed by atoms with van der Waals surface area (Å²) in [5.74, 6) is 0.802. The number of hydrogen-bond acceptors (Lipinski definition) is 3. The van der Waals surface area contributed by atoms with Crippen LogP contribution in [0.3, 0.4) is 0 Å². The molecule has 2 aromatic heterocycles. The number of aliphatic imine (C=N–C) groups is 1. The van der Waals surface area contributed by atoms with Crippen LogP contribution in [0.2, 0.25) is 0 Å². The van der Waals surface area contributed by atoms with Crippen molar-refractivity contribution in [2.75, 3.05) is 14.2 Å². The summed E-state index contributed by atoms with van der Waals surface area (Å²) in [6, 6.07) is 4.52. The number of nitrogens with one attached hydrogen (secondary N) is 2. The Morgan fingerprint density at radius 1 is 1.50 bits per heavy atom. The lowest BCUT2D eigenvalue weighted by molar-refractivity contribution is -0.0922. The fraction of sp³-hybridized carbons (Fsp3) is 0.556. The maximum Gasteiger partial charge on any atom is 0.191 e. The number of methoxy groups -OCH3 is 1. The minimum Gasteiger partial charge on any atom is -0.381 e. The van der Waals surface area contributed by atoms with Gasteiger partial charge in [-0.2, -0.15) is 0 Å². The van der Waals surface area contributed by atoms with E-state index in [1.807, 2.05) is 16.8 Å². The fourth-order valence-electron chi connectivity index (χ4n) is 3.29. The first-order valence-electron chi connectivity index (χ1n) is 8.38. The molecule has 3 rings (SSSR count). The van der Waals surface area contributed by atoms with Gasteiger partial charge in [0.25, 0.3) is 0 Å². The number of imidazole rings is 1. The van der Waals surface area contributed by atoms with Crippen LogP contribution in [0.15, 0.2) is 29.5 Å². The van der Waals surface area contributed by atoms with Crippen LogP contribution in [-0.2, 0) is 11.3 Å². The molecule has 2 heterocycles. The van der Waals surface area contributed by atoms with E-state index in [4.69, 9.17) is 4.74 Å². The smallest absolute Gasteiger partial charge is 0.191 e. The maximum atomic E-state index is 5.51. The van der Waals surface area contributed by atoms with Crippen molar-refractivity contribution in [3.8, 4) is 0 Å². The van der Waals surface area contributed by atoms with E-state index in [2.05, 4.69) is 53.5 Å². The lowest BCUT2D eigenvalue weighted by Crippen LogP contribution is -2.63. The van der Waals surface area contributed by atoms with Crippen molar-refractivity contribution in [1.82, 2.24) is 20.0 Å². The van der Waals surface area contributed by atoms with E-state index >= 15 is 0 Å². The van der Waals surface area contributed by atoms with Crippen molar-refractivity contribution in [3.05, 3.63) is 35.8 Å². The third-order valence-corrected chi connectivity index (χ3v) is 5.10. The van der Waals surface area contributed by atoms with Gasteiger partial charge in [-0.25, -0.2) is 4.98 Å². The van der Waals surface area contributed by atoms with E-state index in [1.54, 1.807) is 14.2 Å². The van der Waals surface area contributed by atoms with Crippen LogP contribution in [0.5, 0.6) is 0 Å². The molecule has 130 valence electrons. The van der Waals surface area contributed by atoms with Crippen molar-refractivity contribution >= 4 is 11.6 Å². The third kappa shape index (κ3) is 3.11. The molecule has 2 aromatic rings. The van der Waals surface area contributed by atoms with Crippen molar-refractivity contribution < 1.29 is 4.74 Å². The highest BCUT2D eigenvalue weighted by atomic mass is 16.5. The van der Waals surface area contributed by atoms with Crippen LogP contribution in [0.25, 0.3) is 5.65 Å². The molecule has 2 atom stereocenters. The Morgan fingerprint density at radius 2 is 2.29 bits per heavy atom. The average Bonchev–Trinajstić information content (AvgIpc) is 2.95. The van der Waals surface area contributed by atoms with Crippen molar-refractivity contribution in [2.45, 2.75) is 45.9 Å². The molecule has 1 fully saturated rings. The third-order valence-electron chi connectivity index (χ3n) is 5.10. The van der Waals surface area contributed by atoms with E-state index in [0.717, 1.165) is 23.7 Å². The van der Waals surface area contributed by atoms with Gasteiger partial charge in [0.05, 0.1) is 18.3 Å². The van der Waals surface area contributed by atoms with E-state index in [-0.39, 0.29) is 5.41 Å². The monoisotopic (exact) mass is 329 g/mol. The van der Waals surface area contributed by atoms with Gasteiger partial charge in [0, 0.05) is 38.0 Å². The second-order valence-corrected chi connectivity index (χ2v) is 7.11. The van der Waals surface area contributed by atoms with Crippen LogP contribution < -0.4 is 10.6 Å². The quantitative estimate of drug-likeness (QED) is 0.666.